The van der Waals surface area contributed by atoms with Crippen molar-refractivity contribution < 1.29 is 32.6 Å². The largest absolute Gasteiger partial charge is 0.481 e. The molecule has 214 valence electrons. The molecule has 0 saturated heterocycles. The van der Waals surface area contributed by atoms with Crippen LogP contribution in [0.3, 0.4) is 0 Å². The van der Waals surface area contributed by atoms with E-state index in [0.29, 0.717) is 14.6 Å². The number of nitrogens with zero attached hydrogens (tertiary/aromatic N) is 1. The number of hydrazone groups is 1. The second-order valence-electron chi connectivity index (χ2n) is 9.71. The topological polar surface area (TPSA) is 131 Å². The lowest BCUT2D eigenvalue weighted by molar-refractivity contribution is -0.138. The van der Waals surface area contributed by atoms with Crippen LogP contribution in [0, 0.1) is 6.92 Å². The molecule has 3 rings (SSSR count). The number of carbonyl (C=O) groups is 2. The first-order valence-electron chi connectivity index (χ1n) is 12.2. The number of nitrogens with one attached hydrogen (secondary N) is 1. The number of thiophene rings is 1. The van der Waals surface area contributed by atoms with Crippen molar-refractivity contribution in [2.75, 3.05) is 12.9 Å². The van der Waals surface area contributed by atoms with Crippen molar-refractivity contribution in [2.24, 2.45) is 5.10 Å². The van der Waals surface area contributed by atoms with Gasteiger partial charge >= 0.3 is 12.1 Å². The van der Waals surface area contributed by atoms with Crippen molar-refractivity contribution in [3.8, 4) is 11.1 Å². The van der Waals surface area contributed by atoms with Crippen LogP contribution in [-0.2, 0) is 30.7 Å². The molecule has 0 aliphatic rings. The Hall–Kier alpha value is -3.19. The molecule has 2 N–H and O–H groups in total. The molecule has 0 unspecified atom stereocenters. The van der Waals surface area contributed by atoms with E-state index in [9.17, 15) is 18.0 Å². The lowest BCUT2D eigenvalue weighted by Crippen LogP contribution is -2.29. The highest BCUT2D eigenvalue weighted by Gasteiger charge is 2.25. The number of carbonyl (C=O) groups excluding carboxylic acids is 1. The van der Waals surface area contributed by atoms with Crippen molar-refractivity contribution in [2.45, 2.75) is 60.3 Å². The van der Waals surface area contributed by atoms with Gasteiger partial charge in [-0.25, -0.2) is 18.6 Å². The van der Waals surface area contributed by atoms with Crippen LogP contribution >= 0.6 is 23.1 Å². The quantitative estimate of drug-likeness (QED) is 0.116. The highest BCUT2D eigenvalue weighted by molar-refractivity contribution is 8.01. The SMILES string of the molecule is CSc1sc(C=NNC(=O)OC(C)(C)C)cc1S(=O)(=O)c1cccc(-c2c(C)cccc2COCCC(=O)O)c1. The van der Waals surface area contributed by atoms with Gasteiger partial charge in [0.25, 0.3) is 0 Å². The maximum absolute atomic E-state index is 13.8. The maximum Gasteiger partial charge on any atom is 0.428 e. The molecular formula is C28H32N2O7S3. The van der Waals surface area contributed by atoms with Crippen molar-refractivity contribution in [1.82, 2.24) is 5.43 Å². The van der Waals surface area contributed by atoms with E-state index in [-0.39, 0.29) is 29.4 Å². The standard InChI is InChI=1S/C28H32N2O7S3/c1-18-8-6-10-20(17-36-13-12-24(31)32)25(18)19-9-7-11-22(14-19)40(34,35)23-15-21(39-26(23)38-5)16-29-30-27(33)37-28(2,3)4/h6-11,14-16H,12-13,17H2,1-5H3,(H,30,33)(H,31,32). The summed E-state index contributed by atoms with van der Waals surface area (Å²) in [6.07, 6.45) is 2.37. The second kappa shape index (κ2) is 13.4. The van der Waals surface area contributed by atoms with Crippen molar-refractivity contribution >= 4 is 51.2 Å². The van der Waals surface area contributed by atoms with E-state index in [1.807, 2.05) is 31.2 Å². The number of sulfone groups is 1. The van der Waals surface area contributed by atoms with Crippen molar-refractivity contribution in [3.05, 3.63) is 64.5 Å². The molecule has 1 aromatic heterocycles. The highest BCUT2D eigenvalue weighted by Crippen LogP contribution is 2.38. The Labute approximate surface area is 242 Å². The molecule has 0 radical (unpaired) electrons. The fourth-order valence-electron chi connectivity index (χ4n) is 3.77. The lowest BCUT2D eigenvalue weighted by Gasteiger charge is -2.18. The van der Waals surface area contributed by atoms with Gasteiger partial charge in [0.2, 0.25) is 9.84 Å². The Morgan fingerprint density at radius 1 is 1.15 bits per heavy atom. The number of amides is 1. The van der Waals surface area contributed by atoms with Gasteiger partial charge in [0.1, 0.15) is 5.60 Å². The van der Waals surface area contributed by atoms with Gasteiger partial charge in [0.05, 0.1) is 39.8 Å². The van der Waals surface area contributed by atoms with Gasteiger partial charge in [-0.2, -0.15) is 5.10 Å². The molecule has 0 atom stereocenters. The van der Waals surface area contributed by atoms with Gasteiger partial charge in [-0.15, -0.1) is 23.1 Å². The van der Waals surface area contributed by atoms with E-state index in [1.54, 1.807) is 45.2 Å². The van der Waals surface area contributed by atoms with Crippen LogP contribution in [0.5, 0.6) is 0 Å². The summed E-state index contributed by atoms with van der Waals surface area (Å²) >= 11 is 2.56. The molecule has 1 heterocycles. The van der Waals surface area contributed by atoms with Crippen LogP contribution in [0.4, 0.5) is 4.79 Å². The number of carboxylic acid groups (broad SMARTS) is 1. The molecule has 0 fully saturated rings. The van der Waals surface area contributed by atoms with Crippen LogP contribution in [0.15, 0.2) is 67.6 Å². The predicted octanol–water partition coefficient (Wildman–Crippen LogP) is 6.13. The zero-order valence-corrected chi connectivity index (χ0v) is 25.3. The summed E-state index contributed by atoms with van der Waals surface area (Å²) in [5, 5.41) is 12.8. The third-order valence-corrected chi connectivity index (χ3v) is 9.66. The Morgan fingerprint density at radius 3 is 2.55 bits per heavy atom. The zero-order chi connectivity index (χ0) is 29.5. The number of hydrogen-bond acceptors (Lipinski definition) is 9. The van der Waals surface area contributed by atoms with Crippen molar-refractivity contribution in [3.63, 3.8) is 0 Å². The van der Waals surface area contributed by atoms with E-state index in [2.05, 4.69) is 10.5 Å². The molecule has 0 saturated carbocycles. The third kappa shape index (κ3) is 8.40. The predicted molar refractivity (Wildman–Crippen MR) is 157 cm³/mol. The molecule has 9 nitrogen and oxygen atoms in total. The summed E-state index contributed by atoms with van der Waals surface area (Å²) in [4.78, 5) is 23.5. The van der Waals surface area contributed by atoms with Gasteiger partial charge in [-0.3, -0.25) is 4.79 Å². The third-order valence-electron chi connectivity index (χ3n) is 5.42. The number of benzene rings is 2. The zero-order valence-electron chi connectivity index (χ0n) is 22.9. The van der Waals surface area contributed by atoms with Gasteiger partial charge in [0.15, 0.2) is 0 Å². The van der Waals surface area contributed by atoms with E-state index in [0.717, 1.165) is 16.7 Å². The molecule has 2 aromatic carbocycles. The van der Waals surface area contributed by atoms with E-state index in [4.69, 9.17) is 14.6 Å². The van der Waals surface area contributed by atoms with E-state index < -0.39 is 27.5 Å². The number of rotatable bonds is 11. The summed E-state index contributed by atoms with van der Waals surface area (Å²) in [6, 6.07) is 14.0. The smallest absolute Gasteiger partial charge is 0.428 e. The Kier molecular flexibility index (Phi) is 10.5. The van der Waals surface area contributed by atoms with Crippen LogP contribution in [0.2, 0.25) is 0 Å². The second-order valence-corrected chi connectivity index (χ2v) is 13.8. The highest BCUT2D eigenvalue weighted by atomic mass is 32.2. The van der Waals surface area contributed by atoms with Crippen LogP contribution in [-0.4, -0.2) is 50.3 Å². The monoisotopic (exact) mass is 604 g/mol. The number of thioether (sulfide) groups is 1. The summed E-state index contributed by atoms with van der Waals surface area (Å²) in [7, 11) is -3.89. The Bertz CT molecular complexity index is 1510. The molecule has 0 spiro atoms. The number of aryl methyl sites for hydroxylation is 1. The number of carboxylic acids is 1. The molecule has 40 heavy (non-hydrogen) atoms. The average Bonchev–Trinajstić information content (AvgIpc) is 3.30. The average molecular weight is 605 g/mol. The Balaban J connectivity index is 1.89. The van der Waals surface area contributed by atoms with Crippen LogP contribution in [0.25, 0.3) is 11.1 Å². The summed E-state index contributed by atoms with van der Waals surface area (Å²) in [5.41, 5.74) is 4.93. The van der Waals surface area contributed by atoms with Gasteiger partial charge in [0, 0.05) is 4.88 Å². The molecule has 0 aliphatic heterocycles. The molecular weight excluding hydrogens is 573 g/mol. The van der Waals surface area contributed by atoms with E-state index >= 15 is 0 Å². The minimum atomic E-state index is -3.89. The molecule has 12 heteroatoms. The van der Waals surface area contributed by atoms with E-state index in [1.165, 1.54) is 35.4 Å². The minimum Gasteiger partial charge on any atom is -0.481 e. The molecule has 0 bridgehead atoms. The first-order valence-corrected chi connectivity index (χ1v) is 15.8. The molecule has 3 aromatic rings. The van der Waals surface area contributed by atoms with Gasteiger partial charge < -0.3 is 14.6 Å². The van der Waals surface area contributed by atoms with Gasteiger partial charge in [-0.1, -0.05) is 30.3 Å². The number of hydrogen-bond donors (Lipinski definition) is 2. The molecule has 0 aliphatic carbocycles. The first kappa shape index (κ1) is 31.3. The van der Waals surface area contributed by atoms with Crippen molar-refractivity contribution in [1.29, 1.82) is 0 Å². The summed E-state index contributed by atoms with van der Waals surface area (Å²) in [6.45, 7) is 7.42. The van der Waals surface area contributed by atoms with Crippen LogP contribution < -0.4 is 5.43 Å². The minimum absolute atomic E-state index is 0.0751. The number of aliphatic carboxylic acids is 1. The summed E-state index contributed by atoms with van der Waals surface area (Å²) in [5.74, 6) is -0.936. The van der Waals surface area contributed by atoms with Crippen LogP contribution in [0.1, 0.15) is 43.2 Å². The molecule has 1 amide bonds. The normalized spacial score (nSPS) is 12.0. The maximum atomic E-state index is 13.8. The number of ether oxygens (including phenoxy) is 2. The summed E-state index contributed by atoms with van der Waals surface area (Å²) < 4.78 is 38.9. The van der Waals surface area contributed by atoms with Gasteiger partial charge in [-0.05, 0) is 74.4 Å². The Morgan fingerprint density at radius 2 is 1.88 bits per heavy atom. The lowest BCUT2D eigenvalue weighted by atomic mass is 9.95. The first-order chi connectivity index (χ1) is 18.8. The fraction of sp³-hybridized carbons (Fsp3) is 0.321. The fourth-order valence-corrected chi connectivity index (χ4v) is 7.71.